The van der Waals surface area contributed by atoms with Crippen LogP contribution in [0.4, 0.5) is 0 Å². The van der Waals surface area contributed by atoms with Crippen LogP contribution in [0.1, 0.15) is 47.5 Å². The number of nitrogens with one attached hydrogen (secondary N) is 1. The average molecular weight is 274 g/mol. The van der Waals surface area contributed by atoms with Crippen LogP contribution in [0.3, 0.4) is 0 Å². The molecule has 0 saturated carbocycles. The summed E-state index contributed by atoms with van der Waals surface area (Å²) in [5, 5.41) is 4.04. The number of rotatable bonds is 10. The van der Waals surface area contributed by atoms with Gasteiger partial charge >= 0.3 is 0 Å². The van der Waals surface area contributed by atoms with Crippen LogP contribution in [0.2, 0.25) is 0 Å². The molecule has 0 aromatic rings. The Bertz CT molecular complexity index is 220. The van der Waals surface area contributed by atoms with Gasteiger partial charge < -0.3 is 10.2 Å². The fourth-order valence-electron chi connectivity index (χ4n) is 1.96. The van der Waals surface area contributed by atoms with Gasteiger partial charge in [0.25, 0.3) is 0 Å². The van der Waals surface area contributed by atoms with E-state index in [9.17, 15) is 4.79 Å². The Labute approximate surface area is 117 Å². The second-order valence-electron chi connectivity index (χ2n) is 4.55. The Hall–Kier alpha value is -0.220. The standard InChI is InChI=1S/C14H30N2OS/c1-6-10-15-13(7-2)12(5)18-11-14(17)16(8-3)9-4/h12-13,15H,6-11H2,1-5H3. The van der Waals surface area contributed by atoms with Crippen molar-refractivity contribution in [2.45, 2.75) is 58.8 Å². The quantitative estimate of drug-likeness (QED) is 0.665. The fraction of sp³-hybridized carbons (Fsp3) is 0.929. The third-order valence-electron chi connectivity index (χ3n) is 3.25. The Morgan fingerprint density at radius 2 is 1.83 bits per heavy atom. The summed E-state index contributed by atoms with van der Waals surface area (Å²) in [6, 6.07) is 0.513. The lowest BCUT2D eigenvalue weighted by Crippen LogP contribution is -2.38. The predicted molar refractivity (Wildman–Crippen MR) is 82.2 cm³/mol. The summed E-state index contributed by atoms with van der Waals surface area (Å²) in [4.78, 5) is 13.8. The first-order valence-electron chi connectivity index (χ1n) is 7.23. The lowest BCUT2D eigenvalue weighted by molar-refractivity contribution is -0.127. The maximum absolute atomic E-state index is 11.9. The molecule has 0 aliphatic heterocycles. The highest BCUT2D eigenvalue weighted by atomic mass is 32.2. The number of hydrogen-bond donors (Lipinski definition) is 1. The first-order chi connectivity index (χ1) is 8.60. The van der Waals surface area contributed by atoms with Crippen molar-refractivity contribution < 1.29 is 4.79 Å². The van der Waals surface area contributed by atoms with E-state index >= 15 is 0 Å². The molecule has 0 spiro atoms. The van der Waals surface area contributed by atoms with E-state index in [1.165, 1.54) is 0 Å². The molecule has 0 bridgehead atoms. The molecule has 0 aromatic heterocycles. The molecule has 108 valence electrons. The van der Waals surface area contributed by atoms with E-state index in [1.54, 1.807) is 11.8 Å². The molecule has 0 rings (SSSR count). The predicted octanol–water partition coefficient (Wildman–Crippen LogP) is 2.75. The van der Waals surface area contributed by atoms with Crippen LogP contribution < -0.4 is 5.32 Å². The smallest absolute Gasteiger partial charge is 0.232 e. The van der Waals surface area contributed by atoms with Crippen LogP contribution in [0.25, 0.3) is 0 Å². The molecular formula is C14H30N2OS. The summed E-state index contributed by atoms with van der Waals surface area (Å²) in [6.45, 7) is 13.4. The molecule has 2 unspecified atom stereocenters. The van der Waals surface area contributed by atoms with Crippen molar-refractivity contribution in [3.63, 3.8) is 0 Å². The third-order valence-corrected chi connectivity index (χ3v) is 4.52. The molecule has 0 aromatic carbocycles. The number of amides is 1. The molecule has 0 fully saturated rings. The van der Waals surface area contributed by atoms with Crippen molar-refractivity contribution in [2.24, 2.45) is 0 Å². The molecule has 1 amide bonds. The topological polar surface area (TPSA) is 32.3 Å². The van der Waals surface area contributed by atoms with Gasteiger partial charge in [0.1, 0.15) is 0 Å². The average Bonchev–Trinajstić information content (AvgIpc) is 2.38. The van der Waals surface area contributed by atoms with Gasteiger partial charge in [0.05, 0.1) is 5.75 Å². The van der Waals surface area contributed by atoms with Crippen LogP contribution >= 0.6 is 11.8 Å². The number of carbonyl (C=O) groups excluding carboxylic acids is 1. The van der Waals surface area contributed by atoms with Gasteiger partial charge in [-0.05, 0) is 33.2 Å². The zero-order valence-electron chi connectivity index (χ0n) is 12.7. The lowest BCUT2D eigenvalue weighted by atomic mass is 10.1. The summed E-state index contributed by atoms with van der Waals surface area (Å²) in [5.41, 5.74) is 0. The number of thioether (sulfide) groups is 1. The van der Waals surface area contributed by atoms with Gasteiger partial charge in [0, 0.05) is 24.4 Å². The Balaban J connectivity index is 4.05. The monoisotopic (exact) mass is 274 g/mol. The van der Waals surface area contributed by atoms with Crippen LogP contribution in [0.5, 0.6) is 0 Å². The first-order valence-corrected chi connectivity index (χ1v) is 8.28. The van der Waals surface area contributed by atoms with E-state index in [1.807, 2.05) is 18.7 Å². The van der Waals surface area contributed by atoms with Crippen molar-refractivity contribution in [3.8, 4) is 0 Å². The largest absolute Gasteiger partial charge is 0.343 e. The molecule has 3 nitrogen and oxygen atoms in total. The zero-order valence-corrected chi connectivity index (χ0v) is 13.5. The Morgan fingerprint density at radius 1 is 1.22 bits per heavy atom. The van der Waals surface area contributed by atoms with E-state index in [-0.39, 0.29) is 5.91 Å². The summed E-state index contributed by atoms with van der Waals surface area (Å²) in [7, 11) is 0. The van der Waals surface area contributed by atoms with Crippen LogP contribution in [0.15, 0.2) is 0 Å². The summed E-state index contributed by atoms with van der Waals surface area (Å²) in [5.74, 6) is 0.870. The molecule has 0 heterocycles. The van der Waals surface area contributed by atoms with Crippen LogP contribution in [0, 0.1) is 0 Å². The lowest BCUT2D eigenvalue weighted by Gasteiger charge is -2.25. The van der Waals surface area contributed by atoms with Gasteiger partial charge in [-0.2, -0.15) is 0 Å². The molecule has 0 aliphatic carbocycles. The summed E-state index contributed by atoms with van der Waals surface area (Å²) in [6.07, 6.45) is 2.28. The van der Waals surface area contributed by atoms with Crippen molar-refractivity contribution in [3.05, 3.63) is 0 Å². The normalized spacial score (nSPS) is 14.3. The summed E-state index contributed by atoms with van der Waals surface area (Å²) < 4.78 is 0. The first kappa shape index (κ1) is 17.8. The molecule has 0 aliphatic rings. The minimum Gasteiger partial charge on any atom is -0.343 e. The van der Waals surface area contributed by atoms with Gasteiger partial charge in [-0.3, -0.25) is 4.79 Å². The minimum absolute atomic E-state index is 0.266. The Kier molecular flexibility index (Phi) is 10.5. The number of hydrogen-bond acceptors (Lipinski definition) is 3. The fourth-order valence-corrected chi connectivity index (χ4v) is 3.07. The van der Waals surface area contributed by atoms with Gasteiger partial charge in [-0.25, -0.2) is 0 Å². The van der Waals surface area contributed by atoms with Crippen molar-refractivity contribution in [1.82, 2.24) is 10.2 Å². The van der Waals surface area contributed by atoms with Gasteiger partial charge in [0.2, 0.25) is 5.91 Å². The maximum atomic E-state index is 11.9. The van der Waals surface area contributed by atoms with E-state index < -0.39 is 0 Å². The van der Waals surface area contributed by atoms with Gasteiger partial charge in [0.15, 0.2) is 0 Å². The van der Waals surface area contributed by atoms with Crippen molar-refractivity contribution >= 4 is 17.7 Å². The van der Waals surface area contributed by atoms with Crippen LogP contribution in [-0.4, -0.2) is 47.5 Å². The second kappa shape index (κ2) is 10.7. The minimum atomic E-state index is 0.266. The SMILES string of the molecule is CCCNC(CC)C(C)SCC(=O)N(CC)CC. The molecule has 2 atom stereocenters. The highest BCUT2D eigenvalue weighted by Gasteiger charge is 2.17. The van der Waals surface area contributed by atoms with E-state index in [0.29, 0.717) is 17.0 Å². The Morgan fingerprint density at radius 3 is 2.28 bits per heavy atom. The van der Waals surface area contributed by atoms with Crippen molar-refractivity contribution in [2.75, 3.05) is 25.4 Å². The molecule has 0 saturated heterocycles. The van der Waals surface area contributed by atoms with Crippen LogP contribution in [-0.2, 0) is 4.79 Å². The highest BCUT2D eigenvalue weighted by molar-refractivity contribution is 8.00. The van der Waals surface area contributed by atoms with Gasteiger partial charge in [-0.1, -0.05) is 20.8 Å². The molecule has 18 heavy (non-hydrogen) atoms. The molecule has 4 heteroatoms. The summed E-state index contributed by atoms with van der Waals surface area (Å²) >= 11 is 1.77. The molecule has 0 radical (unpaired) electrons. The van der Waals surface area contributed by atoms with E-state index in [4.69, 9.17) is 0 Å². The van der Waals surface area contributed by atoms with Gasteiger partial charge in [-0.15, -0.1) is 11.8 Å². The number of nitrogens with zero attached hydrogens (tertiary/aromatic N) is 1. The maximum Gasteiger partial charge on any atom is 0.232 e. The number of carbonyl (C=O) groups is 1. The molecule has 1 N–H and O–H groups in total. The third kappa shape index (κ3) is 6.64. The highest BCUT2D eigenvalue weighted by Crippen LogP contribution is 2.17. The van der Waals surface area contributed by atoms with Crippen molar-refractivity contribution in [1.29, 1.82) is 0 Å². The second-order valence-corrected chi connectivity index (χ2v) is 5.92. The zero-order chi connectivity index (χ0) is 14.0. The van der Waals surface area contributed by atoms with E-state index in [2.05, 4.69) is 26.1 Å². The van der Waals surface area contributed by atoms with E-state index in [0.717, 1.165) is 32.5 Å². The molecular weight excluding hydrogens is 244 g/mol.